The standard InChI is InChI=1S/C72H126O6/c1-4-7-10-13-16-19-21-23-25-27-29-31-33-35-36-37-39-40-42-44-46-48-50-53-56-59-62-65-71(74)77-68-69(67-76-70(73)64-61-58-55-52-18-15-12-9-6-3)78-72(75)66-63-60-57-54-51-49-47-45-43-41-38-34-32-30-28-26-24-22-20-17-14-11-8-5-2/h7,10,16,19,23,25,29,31,35-36,39-40,44,46,69H,4-6,8-9,11-15,17-18,20-22,24,26-28,30,32-34,37-38,41-43,45,47-68H2,1-3H3/b10-7-,19-16-,25-23-,31-29-,36-35-,40-39-,46-44-. The lowest BCUT2D eigenvalue weighted by Crippen LogP contribution is -2.30. The molecule has 0 amide bonds. The first-order chi connectivity index (χ1) is 38.5. The molecule has 450 valence electrons. The summed E-state index contributed by atoms with van der Waals surface area (Å²) in [6, 6.07) is 0. The van der Waals surface area contributed by atoms with Gasteiger partial charge in [-0.3, -0.25) is 14.4 Å². The molecule has 0 aromatic heterocycles. The van der Waals surface area contributed by atoms with Gasteiger partial charge < -0.3 is 14.2 Å². The number of ether oxygens (including phenoxy) is 3. The quantitative estimate of drug-likeness (QED) is 0.0261. The molecule has 1 unspecified atom stereocenters. The van der Waals surface area contributed by atoms with E-state index in [9.17, 15) is 14.4 Å². The van der Waals surface area contributed by atoms with Gasteiger partial charge in [0.05, 0.1) is 0 Å². The molecule has 6 heteroatoms. The monoisotopic (exact) mass is 1090 g/mol. The van der Waals surface area contributed by atoms with E-state index in [4.69, 9.17) is 14.2 Å². The number of hydrogen-bond donors (Lipinski definition) is 0. The fourth-order valence-corrected chi connectivity index (χ4v) is 9.66. The molecule has 0 saturated carbocycles. The van der Waals surface area contributed by atoms with Crippen LogP contribution in [0.25, 0.3) is 0 Å². The Hall–Kier alpha value is -3.41. The summed E-state index contributed by atoms with van der Waals surface area (Å²) >= 11 is 0. The molecule has 0 aromatic carbocycles. The van der Waals surface area contributed by atoms with E-state index in [0.29, 0.717) is 19.3 Å². The van der Waals surface area contributed by atoms with Gasteiger partial charge in [0.25, 0.3) is 0 Å². The Morgan fingerprint density at radius 2 is 0.500 bits per heavy atom. The Bertz CT molecular complexity index is 1480. The molecule has 0 aliphatic rings. The van der Waals surface area contributed by atoms with Gasteiger partial charge in [0, 0.05) is 19.3 Å². The summed E-state index contributed by atoms with van der Waals surface area (Å²) in [6.07, 6.45) is 87.6. The minimum Gasteiger partial charge on any atom is -0.462 e. The second kappa shape index (κ2) is 66.1. The van der Waals surface area contributed by atoms with Gasteiger partial charge >= 0.3 is 17.9 Å². The van der Waals surface area contributed by atoms with Crippen molar-refractivity contribution in [2.75, 3.05) is 13.2 Å². The smallest absolute Gasteiger partial charge is 0.306 e. The normalized spacial score (nSPS) is 12.6. The SMILES string of the molecule is CC/C=C\C/C=C\C/C=C\C/C=C\C/C=C\C/C=C\C/C=C\CCCCCCCC(=O)OCC(COC(=O)CCCCCCCCCCC)OC(=O)CCCCCCCCCCCCCCCCCCCCCCCCCC. The molecule has 0 aliphatic heterocycles. The number of esters is 3. The largest absolute Gasteiger partial charge is 0.462 e. The zero-order valence-corrected chi connectivity index (χ0v) is 51.7. The predicted octanol–water partition coefficient (Wildman–Crippen LogP) is 23.1. The first-order valence-electron chi connectivity index (χ1n) is 33.6. The second-order valence-corrected chi connectivity index (χ2v) is 22.4. The van der Waals surface area contributed by atoms with Crippen LogP contribution in [0.2, 0.25) is 0 Å². The van der Waals surface area contributed by atoms with Crippen LogP contribution in [-0.2, 0) is 28.6 Å². The van der Waals surface area contributed by atoms with Crippen molar-refractivity contribution < 1.29 is 28.6 Å². The van der Waals surface area contributed by atoms with Crippen LogP contribution in [0.1, 0.15) is 335 Å². The maximum Gasteiger partial charge on any atom is 0.306 e. The molecule has 78 heavy (non-hydrogen) atoms. The second-order valence-electron chi connectivity index (χ2n) is 22.4. The lowest BCUT2D eigenvalue weighted by atomic mass is 10.0. The van der Waals surface area contributed by atoms with Gasteiger partial charge in [-0.1, -0.05) is 324 Å². The number of hydrogen-bond acceptors (Lipinski definition) is 6. The van der Waals surface area contributed by atoms with Crippen LogP contribution in [0.5, 0.6) is 0 Å². The summed E-state index contributed by atoms with van der Waals surface area (Å²) in [6.45, 7) is 6.53. The Balaban J connectivity index is 4.23. The minimum atomic E-state index is -0.782. The van der Waals surface area contributed by atoms with Crippen LogP contribution >= 0.6 is 0 Å². The van der Waals surface area contributed by atoms with Crippen LogP contribution in [0.4, 0.5) is 0 Å². The van der Waals surface area contributed by atoms with Gasteiger partial charge in [0.2, 0.25) is 0 Å². The van der Waals surface area contributed by atoms with Crippen molar-refractivity contribution >= 4 is 17.9 Å². The van der Waals surface area contributed by atoms with Crippen molar-refractivity contribution in [2.24, 2.45) is 0 Å². The van der Waals surface area contributed by atoms with Gasteiger partial charge in [-0.05, 0) is 77.0 Å². The van der Waals surface area contributed by atoms with E-state index in [1.165, 1.54) is 173 Å². The Morgan fingerprint density at radius 1 is 0.269 bits per heavy atom. The predicted molar refractivity (Wildman–Crippen MR) is 339 cm³/mol. The van der Waals surface area contributed by atoms with Gasteiger partial charge in [-0.25, -0.2) is 0 Å². The lowest BCUT2D eigenvalue weighted by Gasteiger charge is -2.18. The van der Waals surface area contributed by atoms with Gasteiger partial charge in [0.15, 0.2) is 6.10 Å². The summed E-state index contributed by atoms with van der Waals surface area (Å²) in [5, 5.41) is 0. The molecular weight excluding hydrogens is 961 g/mol. The molecule has 0 saturated heterocycles. The zero-order chi connectivity index (χ0) is 56.4. The molecule has 0 aliphatic carbocycles. The average molecular weight is 1090 g/mol. The maximum absolute atomic E-state index is 12.9. The third-order valence-corrected chi connectivity index (χ3v) is 14.7. The zero-order valence-electron chi connectivity index (χ0n) is 51.7. The molecular formula is C72H126O6. The number of allylic oxidation sites excluding steroid dienone is 14. The first kappa shape index (κ1) is 74.6. The number of unbranched alkanes of at least 4 members (excludes halogenated alkanes) is 36. The van der Waals surface area contributed by atoms with E-state index >= 15 is 0 Å². The molecule has 0 heterocycles. The van der Waals surface area contributed by atoms with Crippen LogP contribution in [0, 0.1) is 0 Å². The van der Waals surface area contributed by atoms with Gasteiger partial charge in [-0.2, -0.15) is 0 Å². The fraction of sp³-hybridized carbons (Fsp3) is 0.764. The highest BCUT2D eigenvalue weighted by Gasteiger charge is 2.19. The highest BCUT2D eigenvalue weighted by atomic mass is 16.6. The van der Waals surface area contributed by atoms with E-state index in [2.05, 4.69) is 106 Å². The molecule has 0 radical (unpaired) electrons. The van der Waals surface area contributed by atoms with E-state index < -0.39 is 6.10 Å². The van der Waals surface area contributed by atoms with Gasteiger partial charge in [0.1, 0.15) is 13.2 Å². The third-order valence-electron chi connectivity index (χ3n) is 14.7. The van der Waals surface area contributed by atoms with Crippen LogP contribution in [0.15, 0.2) is 85.1 Å². The van der Waals surface area contributed by atoms with Crippen molar-refractivity contribution in [1.82, 2.24) is 0 Å². The van der Waals surface area contributed by atoms with Crippen LogP contribution < -0.4 is 0 Å². The topological polar surface area (TPSA) is 78.9 Å². The summed E-state index contributed by atoms with van der Waals surface area (Å²) in [4.78, 5) is 38.2. The number of carbonyl (C=O) groups is 3. The fourth-order valence-electron chi connectivity index (χ4n) is 9.66. The molecule has 0 spiro atoms. The van der Waals surface area contributed by atoms with Crippen LogP contribution in [-0.4, -0.2) is 37.2 Å². The van der Waals surface area contributed by atoms with E-state index in [0.717, 1.165) is 122 Å². The van der Waals surface area contributed by atoms with Crippen molar-refractivity contribution in [3.05, 3.63) is 85.1 Å². The first-order valence-corrected chi connectivity index (χ1v) is 33.6. The maximum atomic E-state index is 12.9. The Morgan fingerprint density at radius 3 is 0.782 bits per heavy atom. The molecule has 0 fully saturated rings. The molecule has 0 rings (SSSR count). The van der Waals surface area contributed by atoms with E-state index in [-0.39, 0.29) is 31.1 Å². The summed E-state index contributed by atoms with van der Waals surface area (Å²) in [5.74, 6) is -0.886. The van der Waals surface area contributed by atoms with Crippen molar-refractivity contribution in [2.45, 2.75) is 341 Å². The lowest BCUT2D eigenvalue weighted by molar-refractivity contribution is -0.167. The van der Waals surface area contributed by atoms with E-state index in [1.807, 2.05) is 0 Å². The summed E-state index contributed by atoms with van der Waals surface area (Å²) in [5.41, 5.74) is 0. The molecule has 1 atom stereocenters. The van der Waals surface area contributed by atoms with E-state index in [1.54, 1.807) is 0 Å². The Kier molecular flexibility index (Phi) is 63.2. The molecule has 0 aromatic rings. The number of carbonyl (C=O) groups excluding carboxylic acids is 3. The molecule has 0 N–H and O–H groups in total. The third kappa shape index (κ3) is 63.4. The van der Waals surface area contributed by atoms with Crippen LogP contribution in [0.3, 0.4) is 0 Å². The number of rotatable bonds is 61. The molecule has 6 nitrogen and oxygen atoms in total. The Labute approximate surface area is 484 Å². The average Bonchev–Trinajstić information content (AvgIpc) is 3.44. The minimum absolute atomic E-state index is 0.0788. The summed E-state index contributed by atoms with van der Waals surface area (Å²) < 4.78 is 16.9. The summed E-state index contributed by atoms with van der Waals surface area (Å²) in [7, 11) is 0. The van der Waals surface area contributed by atoms with Crippen molar-refractivity contribution in [3.8, 4) is 0 Å². The van der Waals surface area contributed by atoms with Crippen molar-refractivity contribution in [1.29, 1.82) is 0 Å². The van der Waals surface area contributed by atoms with Gasteiger partial charge in [-0.15, -0.1) is 0 Å². The highest BCUT2D eigenvalue weighted by molar-refractivity contribution is 5.71. The molecule has 0 bridgehead atoms. The highest BCUT2D eigenvalue weighted by Crippen LogP contribution is 2.17. The van der Waals surface area contributed by atoms with Crippen molar-refractivity contribution in [3.63, 3.8) is 0 Å².